The Hall–Kier alpha value is -6.90. The molecule has 558 valence electrons. The van der Waals surface area contributed by atoms with E-state index in [4.69, 9.17) is 27.7 Å². The summed E-state index contributed by atoms with van der Waals surface area (Å²) in [4.78, 5) is 138. The number of nitrogens with one attached hydrogen (secondary N) is 4. The molecule has 14 N–H and O–H groups in total. The van der Waals surface area contributed by atoms with Crippen molar-refractivity contribution in [1.82, 2.24) is 31.1 Å². The third-order valence-corrected chi connectivity index (χ3v) is 20.6. The summed E-state index contributed by atoms with van der Waals surface area (Å²) in [6, 6.07) is 33.0. The van der Waals surface area contributed by atoms with Gasteiger partial charge in [0.1, 0.15) is 34.7 Å². The van der Waals surface area contributed by atoms with Crippen molar-refractivity contribution in [2.24, 2.45) is 58.4 Å². The summed E-state index contributed by atoms with van der Waals surface area (Å²) in [5.74, 6) is -5.50. The number of esters is 1. The zero-order valence-electron chi connectivity index (χ0n) is 61.6. The van der Waals surface area contributed by atoms with Crippen molar-refractivity contribution in [1.29, 1.82) is 0 Å². The number of hydrogen-bond acceptors (Lipinski definition) is 18. The molecule has 8 atom stereocenters. The van der Waals surface area contributed by atoms with Crippen LogP contribution in [-0.4, -0.2) is 161 Å². The van der Waals surface area contributed by atoms with Crippen molar-refractivity contribution < 1.29 is 92.8 Å². The molecule has 0 spiro atoms. The van der Waals surface area contributed by atoms with Crippen LogP contribution in [0.25, 0.3) is 0 Å². The monoisotopic (exact) mass is 1430 g/mol. The molecule has 8 rings (SSSR count). The third-order valence-electron chi connectivity index (χ3n) is 20.6. The van der Waals surface area contributed by atoms with Crippen molar-refractivity contribution in [2.75, 3.05) is 46.4 Å². The standard InChI is InChI=1S/C40H57N5O6.C39H55N5O6.Na.H2O/c1-27(2)21-32(37(48)44-33(15-9-10-18-41)38(49)45-19-16-40(42,17-20-45)39(50)51-3)25-35(46)31(22-28-11-5-4-6-12-28)24-36(47)34-23-29-13-7-8-14-30(29)26-43-34;1-26(2)20-31(36(47)43-32(14-8-9-17-40)37(48)44-18-15-39(41,16-19-44)38(49)50)24-34(45)30(21-27-10-4-3-5-11-27)23-35(46)33-22-28-12-6-7-13-29(28)25-42-33;;/h4-8,11-14,27,31-34,43H,9-10,15-26,41-42H2,1-3H3,(H,44,48);3-7,10-13,26,30-33,42H,8-9,14-25,40-41H2,1-2H3,(H,43,47)(H,49,50);;1H2/q;;+1;/p-1/t31-,32-,33+,34+;30-,31-,32+,33+;;/m00../s1. The zero-order chi connectivity index (χ0) is 73.2. The number of nitrogens with zero attached hydrogens (tertiary/aromatic N) is 2. The Kier molecular flexibility index (Phi) is 36.1. The van der Waals surface area contributed by atoms with Gasteiger partial charge in [-0.2, -0.15) is 0 Å². The van der Waals surface area contributed by atoms with Crippen molar-refractivity contribution in [2.45, 2.75) is 204 Å². The van der Waals surface area contributed by atoms with Gasteiger partial charge in [-0.05, 0) is 161 Å². The number of amides is 4. The second-order valence-electron chi connectivity index (χ2n) is 29.4. The first-order valence-electron chi connectivity index (χ1n) is 36.6. The fourth-order valence-corrected chi connectivity index (χ4v) is 14.4. The van der Waals surface area contributed by atoms with E-state index in [1.54, 1.807) is 9.80 Å². The normalized spacial score (nSPS) is 18.4. The molecule has 2 saturated heterocycles. The third kappa shape index (κ3) is 26.3. The van der Waals surface area contributed by atoms with Gasteiger partial charge in [0.15, 0.2) is 11.6 Å². The molecule has 0 unspecified atom stereocenters. The predicted molar refractivity (Wildman–Crippen MR) is 390 cm³/mol. The summed E-state index contributed by atoms with van der Waals surface area (Å²) >= 11 is 0. The fourth-order valence-electron chi connectivity index (χ4n) is 14.4. The molecule has 4 aliphatic rings. The Labute approximate surface area is 630 Å². The quantitative estimate of drug-likeness (QED) is 0.0179. The molecule has 103 heavy (non-hydrogen) atoms. The van der Waals surface area contributed by atoms with Crippen molar-refractivity contribution in [3.05, 3.63) is 143 Å². The number of nitrogens with two attached hydrogens (primary N) is 4. The minimum Gasteiger partial charge on any atom is -0.870 e. The molecule has 24 heteroatoms. The number of Topliss-reactive ketones (excluding diaryl/α,β-unsaturated/α-hetero) is 4. The molecule has 0 bridgehead atoms. The Balaban J connectivity index is 0.000000364. The van der Waals surface area contributed by atoms with Gasteiger partial charge in [0.25, 0.3) is 0 Å². The van der Waals surface area contributed by atoms with Crippen LogP contribution in [0, 0.1) is 35.5 Å². The molecule has 4 aromatic carbocycles. The van der Waals surface area contributed by atoms with Crippen molar-refractivity contribution in [3.63, 3.8) is 0 Å². The maximum absolute atomic E-state index is 14.2. The minimum atomic E-state index is -1.38. The number of methoxy groups -OCH3 is 1. The van der Waals surface area contributed by atoms with Crippen LogP contribution in [-0.2, 0) is 91.5 Å². The molecule has 2 fully saturated rings. The predicted octanol–water partition coefficient (Wildman–Crippen LogP) is 3.23. The van der Waals surface area contributed by atoms with Crippen molar-refractivity contribution in [3.8, 4) is 0 Å². The zero-order valence-corrected chi connectivity index (χ0v) is 63.6. The summed E-state index contributed by atoms with van der Waals surface area (Å²) in [5, 5.41) is 22.2. The van der Waals surface area contributed by atoms with Gasteiger partial charge in [0.2, 0.25) is 23.6 Å². The Morgan fingerprint density at radius 3 is 1.20 bits per heavy atom. The summed E-state index contributed by atoms with van der Waals surface area (Å²) < 4.78 is 4.87. The van der Waals surface area contributed by atoms with Crippen LogP contribution >= 0.6 is 0 Å². The fraction of sp³-hybridized carbons (Fsp3) is 0.570. The van der Waals surface area contributed by atoms with Crippen LogP contribution in [0.2, 0.25) is 0 Å². The Morgan fingerprint density at radius 1 is 0.515 bits per heavy atom. The van der Waals surface area contributed by atoms with E-state index >= 15 is 0 Å². The van der Waals surface area contributed by atoms with E-state index in [0.29, 0.717) is 103 Å². The average Bonchev–Trinajstić information content (AvgIpc) is 0.812. The second-order valence-corrected chi connectivity index (χ2v) is 29.4. The molecular weight excluding hydrogens is 1320 g/mol. The molecule has 4 aliphatic heterocycles. The number of carboxylic acids is 1. The number of aliphatic carboxylic acids is 1. The molecule has 4 amide bonds. The summed E-state index contributed by atoms with van der Waals surface area (Å²) in [7, 11) is 1.30. The molecule has 0 saturated carbocycles. The minimum absolute atomic E-state index is 0. The van der Waals surface area contributed by atoms with Gasteiger partial charge in [-0.3, -0.25) is 47.9 Å². The van der Waals surface area contributed by atoms with Crippen LogP contribution in [0.1, 0.15) is 164 Å². The SMILES string of the molecule is CC(C)C[C@@H](CC(=O)[C@H](CC(=O)[C@H]1Cc2ccccc2CN1)Cc1ccccc1)C(=O)N[C@H](CCCCN)C(=O)N1CCC(N)(C(=O)O)CC1.COC(=O)C1(N)CCN(C(=O)[C@@H](CCCCN)NC(=O)[C@H](CC(=O)[C@H](CC(=O)[C@H]2Cc3ccccc3CN2)Cc2ccccc2)CC(C)C)CC1.[Na+].[OH-]. The number of carbonyl (C=O) groups excluding carboxylic acids is 9. The first-order valence-corrected chi connectivity index (χ1v) is 36.6. The maximum atomic E-state index is 14.2. The summed E-state index contributed by atoms with van der Waals surface area (Å²) in [5.41, 5.74) is 27.8. The van der Waals surface area contributed by atoms with E-state index in [1.807, 2.05) is 125 Å². The number of benzene rings is 4. The first-order chi connectivity index (χ1) is 48.3. The molecule has 23 nitrogen and oxygen atoms in total. The number of rotatable bonds is 36. The number of unbranched alkanes of at least 4 members (excludes halogenated alkanes) is 2. The molecular formula is C79H113N10NaO13. The van der Waals surface area contributed by atoms with Gasteiger partial charge in [-0.1, -0.05) is 137 Å². The Morgan fingerprint density at radius 2 is 0.864 bits per heavy atom. The van der Waals surface area contributed by atoms with Gasteiger partial charge in [0, 0.05) is 88.6 Å². The van der Waals surface area contributed by atoms with Crippen LogP contribution in [0.3, 0.4) is 0 Å². The molecule has 4 aromatic rings. The van der Waals surface area contributed by atoms with Crippen LogP contribution in [0.15, 0.2) is 109 Å². The topological polar surface area (TPSA) is 389 Å². The maximum Gasteiger partial charge on any atom is 1.00 e. The largest absolute Gasteiger partial charge is 1.00 e. The van der Waals surface area contributed by atoms with E-state index in [9.17, 15) is 53.1 Å². The molecule has 4 heterocycles. The molecule has 0 aliphatic carbocycles. The number of piperidine rings is 2. The smallest absolute Gasteiger partial charge is 0.870 e. The van der Waals surface area contributed by atoms with Crippen LogP contribution in [0.4, 0.5) is 0 Å². The first kappa shape index (κ1) is 86.7. The van der Waals surface area contributed by atoms with E-state index < -0.39 is 58.8 Å². The number of ketones is 4. The van der Waals surface area contributed by atoms with Crippen LogP contribution in [0.5, 0.6) is 0 Å². The van der Waals surface area contributed by atoms with E-state index in [0.717, 1.165) is 22.3 Å². The van der Waals surface area contributed by atoms with Gasteiger partial charge in [0.05, 0.1) is 19.2 Å². The van der Waals surface area contributed by atoms with E-state index in [2.05, 4.69) is 33.4 Å². The second kappa shape index (κ2) is 42.9. The van der Waals surface area contributed by atoms with E-state index in [1.165, 1.54) is 18.2 Å². The van der Waals surface area contributed by atoms with Gasteiger partial charge >= 0.3 is 41.5 Å². The van der Waals surface area contributed by atoms with Crippen molar-refractivity contribution >= 4 is 58.7 Å². The van der Waals surface area contributed by atoms with Gasteiger partial charge in [-0.25, -0.2) is 0 Å². The van der Waals surface area contributed by atoms with Gasteiger partial charge < -0.3 is 69.3 Å². The number of fused-ring (bicyclic) bond motifs is 2. The summed E-state index contributed by atoms with van der Waals surface area (Å²) in [6.07, 6.45) is 7.02. The molecule has 0 radical (unpaired) electrons. The molecule has 0 aromatic heterocycles. The number of carbonyl (C=O) groups is 10. The Bertz CT molecular complexity index is 3420. The van der Waals surface area contributed by atoms with E-state index in [-0.39, 0.29) is 183 Å². The van der Waals surface area contributed by atoms with Gasteiger partial charge in [-0.15, -0.1) is 0 Å². The number of hydrogen-bond donors (Lipinski definition) is 9. The number of ether oxygens (including phenoxy) is 1. The summed E-state index contributed by atoms with van der Waals surface area (Å²) in [6.45, 7) is 11.0. The number of carboxylic acid groups (broad SMARTS) is 1. The average molecular weight is 1430 g/mol. The van der Waals surface area contributed by atoms with Crippen LogP contribution < -0.4 is 73.8 Å². The number of likely N-dealkylation sites (tertiary alicyclic amines) is 2.